The number of Topliss-reactive ketones (excluding diaryl/α,β-unsaturated/α-hetero) is 3. The summed E-state index contributed by atoms with van der Waals surface area (Å²) in [4.78, 5) is 75.3. The molecule has 0 spiro atoms. The average Bonchev–Trinajstić information content (AvgIpc) is 1.61. The Morgan fingerprint density at radius 3 is 1.58 bits per heavy atom. The lowest BCUT2D eigenvalue weighted by molar-refractivity contribution is -0.235. The first kappa shape index (κ1) is 79.0. The lowest BCUT2D eigenvalue weighted by Gasteiger charge is -2.63. The smallest absolute Gasteiger partial charge is 0.253 e. The van der Waals surface area contributed by atoms with Gasteiger partial charge >= 0.3 is 0 Å². The topological polar surface area (TPSA) is 275 Å². The molecule has 6 aliphatic rings. The van der Waals surface area contributed by atoms with Crippen molar-refractivity contribution in [3.63, 3.8) is 0 Å². The summed E-state index contributed by atoms with van der Waals surface area (Å²) in [6.45, 7) is 12.6. The zero-order valence-electron chi connectivity index (χ0n) is 55.5. The Hall–Kier alpha value is -5.30. The molecule has 8 rings (SSSR count). The van der Waals surface area contributed by atoms with Gasteiger partial charge in [0.1, 0.15) is 24.3 Å². The Morgan fingerprint density at radius 2 is 1.07 bits per heavy atom. The minimum Gasteiger partial charge on any atom is -0.390 e. The first-order valence-corrected chi connectivity index (χ1v) is 33.6. The van der Waals surface area contributed by atoms with Crippen molar-refractivity contribution in [1.82, 2.24) is 4.90 Å². The molecule has 2 heterocycles. The predicted octanol–water partition coefficient (Wildman–Crippen LogP) is 5.92. The van der Waals surface area contributed by atoms with E-state index in [0.29, 0.717) is 177 Å². The molecule has 0 aromatic heterocycles. The van der Waals surface area contributed by atoms with E-state index in [-0.39, 0.29) is 88.1 Å². The monoisotopic (exact) mass is 1370 g/mol. The molecule has 2 aliphatic heterocycles. The maximum Gasteiger partial charge on any atom is 0.253 e. The van der Waals surface area contributed by atoms with Gasteiger partial charge < -0.3 is 76.5 Å². The minimum atomic E-state index is -2.34. The number of fused-ring (bicyclic) bond motifs is 7. The van der Waals surface area contributed by atoms with Gasteiger partial charge in [-0.3, -0.25) is 33.7 Å². The van der Waals surface area contributed by atoms with Crippen LogP contribution in [0.3, 0.4) is 0 Å². The number of aliphatic hydroxyl groups is 2. The number of hydrogen-bond acceptors (Lipinski definition) is 22. The second-order valence-corrected chi connectivity index (χ2v) is 25.1. The van der Waals surface area contributed by atoms with Crippen molar-refractivity contribution in [2.24, 2.45) is 22.7 Å². The Balaban J connectivity index is 0.0000133. The van der Waals surface area contributed by atoms with E-state index in [1.165, 1.54) is 31.2 Å². The molecule has 2 amide bonds. The summed E-state index contributed by atoms with van der Waals surface area (Å²) in [5, 5.41) is 22.2. The van der Waals surface area contributed by atoms with E-state index in [1.54, 1.807) is 6.92 Å². The van der Waals surface area contributed by atoms with E-state index in [2.05, 4.69) is 0 Å². The van der Waals surface area contributed by atoms with Crippen LogP contribution in [0.15, 0.2) is 84.5 Å². The lowest BCUT2D eigenvalue weighted by Crippen LogP contribution is -2.70. The van der Waals surface area contributed by atoms with Crippen LogP contribution >= 0.6 is 0 Å². The third kappa shape index (κ3) is 21.4. The van der Waals surface area contributed by atoms with Crippen molar-refractivity contribution >= 4 is 34.9 Å². The van der Waals surface area contributed by atoms with Crippen LogP contribution in [0.4, 0.5) is 8.78 Å². The molecule has 0 radical (unpaired) electrons. The number of halogens is 2. The van der Waals surface area contributed by atoms with Gasteiger partial charge in [0.25, 0.3) is 11.8 Å². The van der Waals surface area contributed by atoms with Gasteiger partial charge in [-0.2, -0.15) is 0 Å². The maximum atomic E-state index is 17.8. The average molecular weight is 1370 g/mol. The summed E-state index contributed by atoms with van der Waals surface area (Å²) in [5.74, 6) is -3.48. The van der Waals surface area contributed by atoms with E-state index in [0.717, 1.165) is 27.7 Å². The number of rotatable bonds is 50. The summed E-state index contributed by atoms with van der Waals surface area (Å²) >= 11 is 0. The fourth-order valence-corrected chi connectivity index (χ4v) is 14.0. The number of imide groups is 1. The first-order chi connectivity index (χ1) is 46.5. The number of carbonyl (C=O) groups is 6. The van der Waals surface area contributed by atoms with Crippen molar-refractivity contribution in [2.45, 2.75) is 115 Å². The van der Waals surface area contributed by atoms with Crippen molar-refractivity contribution in [1.29, 1.82) is 0 Å². The number of hydrogen-bond donors (Lipinski definition) is 2. The molecule has 4 fully saturated rings. The Kier molecular flexibility index (Phi) is 32.8. The van der Waals surface area contributed by atoms with Crippen LogP contribution < -0.4 is 0 Å². The molecule has 0 bridgehead atoms. The molecule has 1 saturated heterocycles. The molecule has 2 aromatic carbocycles. The highest BCUT2D eigenvalue weighted by Gasteiger charge is 2.80. The van der Waals surface area contributed by atoms with Gasteiger partial charge in [0, 0.05) is 73.3 Å². The molecule has 23 nitrogen and oxygen atoms in total. The van der Waals surface area contributed by atoms with Gasteiger partial charge in [0.2, 0.25) is 0 Å². The quantitative estimate of drug-likeness (QED) is 0.0574. The highest BCUT2D eigenvalue weighted by Crippen LogP contribution is 2.72. The fourth-order valence-electron chi connectivity index (χ4n) is 14.0. The van der Waals surface area contributed by atoms with E-state index in [1.807, 2.05) is 48.5 Å². The molecule has 540 valence electrons. The van der Waals surface area contributed by atoms with Crippen molar-refractivity contribution in [2.75, 3.05) is 172 Å². The molecule has 10 atom stereocenters. The predicted molar refractivity (Wildman–Crippen MR) is 348 cm³/mol. The van der Waals surface area contributed by atoms with Crippen LogP contribution in [0.5, 0.6) is 0 Å². The Morgan fingerprint density at radius 1 is 0.588 bits per heavy atom. The molecular formula is C72H101F2NO22. The van der Waals surface area contributed by atoms with Gasteiger partial charge in [0.05, 0.1) is 164 Å². The SMILES string of the molecule is C.C[C@]12C=CC(=O)C=C1[C@@H](F)C[C@H]1[C@@H]3C[C@H]4O[C@@H](c5ccc(Cc6cccc(CC(=O)CCOCCOCCOCCOCCOCCOCCOCCOCCOCCOCCOCCOCCCC(=O)CCN7C(=O)C=CC7=O)c6)cc5)O[C@@]4(C(=O)CO)[C@@]3(C)C[C@H](O)[C@@]12F. The number of ether oxygens (including phenoxy) is 14. The third-order valence-electron chi connectivity index (χ3n) is 18.9. The van der Waals surface area contributed by atoms with Crippen LogP contribution in [0, 0.1) is 22.7 Å². The maximum absolute atomic E-state index is 17.8. The number of carbonyl (C=O) groups excluding carboxylic acids is 6. The van der Waals surface area contributed by atoms with E-state index >= 15 is 8.78 Å². The van der Waals surface area contributed by atoms with Gasteiger partial charge in [-0.25, -0.2) is 8.78 Å². The number of aliphatic hydroxyl groups excluding tert-OH is 2. The second-order valence-electron chi connectivity index (χ2n) is 25.1. The van der Waals surface area contributed by atoms with Crippen molar-refractivity contribution in [3.8, 4) is 0 Å². The molecule has 2 aromatic rings. The van der Waals surface area contributed by atoms with Crippen molar-refractivity contribution < 1.29 is 114 Å². The normalized spacial score (nSPS) is 26.2. The number of amides is 2. The zero-order valence-corrected chi connectivity index (χ0v) is 55.5. The molecule has 4 aliphatic carbocycles. The molecule has 97 heavy (non-hydrogen) atoms. The fraction of sp³-hybridized carbons (Fsp3) is 0.667. The largest absolute Gasteiger partial charge is 0.390 e. The highest BCUT2D eigenvalue weighted by atomic mass is 19.1. The van der Waals surface area contributed by atoms with Crippen LogP contribution in [0.2, 0.25) is 0 Å². The number of benzene rings is 2. The summed E-state index contributed by atoms with van der Waals surface area (Å²) in [6, 6.07) is 15.4. The standard InChI is InChI=1S/C71H97F2NO22.CH4/c1-68-17-14-56(77)46-60(68)61(72)47-59-58-48-64-71(63(80)50-75,69(58,2)49-62(79)70(59,68)73)96-67(95-64)54-10-8-51(9-11-54)43-52-5-3-6-53(44-52)45-57(78)16-20-84-22-24-86-26-28-88-30-32-90-34-36-92-38-40-94-42-41-93-39-37-91-35-33-89-31-29-87-27-25-85-23-21-83-19-4-7-55(76)15-18-74-65(81)12-13-66(74)82;/h3,5-6,8-14,17,44,46,58-59,61-62,64,67,75,79H,4,7,15-16,18-43,45,47-50H2,1-2H3;1H4/t58-,59-,61-,62-,64+,67+,68-,69-,70-,71+;/m0./s1. The highest BCUT2D eigenvalue weighted by molar-refractivity contribution is 6.13. The van der Waals surface area contributed by atoms with Gasteiger partial charge in [-0.05, 0) is 79.4 Å². The summed E-state index contributed by atoms with van der Waals surface area (Å²) in [7, 11) is 0. The zero-order chi connectivity index (χ0) is 68.2. The van der Waals surface area contributed by atoms with Crippen LogP contribution in [0.25, 0.3) is 0 Å². The van der Waals surface area contributed by atoms with Crippen LogP contribution in [-0.2, 0) is 108 Å². The first-order valence-electron chi connectivity index (χ1n) is 33.6. The number of ketones is 4. The number of alkyl halides is 2. The van der Waals surface area contributed by atoms with Gasteiger partial charge in [-0.1, -0.05) is 69.0 Å². The minimum absolute atomic E-state index is 0. The molecular weight excluding hydrogens is 1270 g/mol. The van der Waals surface area contributed by atoms with Crippen LogP contribution in [-0.4, -0.2) is 251 Å². The summed E-state index contributed by atoms with van der Waals surface area (Å²) in [5.41, 5.74) is -3.36. The van der Waals surface area contributed by atoms with Gasteiger partial charge in [-0.15, -0.1) is 0 Å². The van der Waals surface area contributed by atoms with Crippen molar-refractivity contribution in [3.05, 3.63) is 107 Å². The summed E-state index contributed by atoms with van der Waals surface area (Å²) < 4.78 is 113. The van der Waals surface area contributed by atoms with E-state index < -0.39 is 76.8 Å². The number of allylic oxidation sites excluding steroid dienone is 4. The van der Waals surface area contributed by atoms with E-state index in [4.69, 9.17) is 66.3 Å². The Labute approximate surface area is 568 Å². The molecule has 0 unspecified atom stereocenters. The molecule has 2 N–H and O–H groups in total. The van der Waals surface area contributed by atoms with E-state index in [9.17, 15) is 39.0 Å². The Bertz CT molecular complexity index is 2890. The third-order valence-corrected chi connectivity index (χ3v) is 18.9. The summed E-state index contributed by atoms with van der Waals surface area (Å²) in [6.07, 6.45) is 2.78. The van der Waals surface area contributed by atoms with Gasteiger partial charge in [0.15, 0.2) is 29.1 Å². The lowest BCUT2D eigenvalue weighted by atomic mass is 9.44. The second kappa shape index (κ2) is 40.2. The number of nitrogens with zero attached hydrogens (tertiary/aromatic N) is 1. The molecule has 3 saturated carbocycles. The molecule has 25 heteroatoms. The van der Waals surface area contributed by atoms with Crippen LogP contribution in [0.1, 0.15) is 94.8 Å².